The molecular formula is C14H20BrN. The SMILES string of the molecule is CC1(C)CC(Br)CN(Cc2ccccc2)C1. The summed E-state index contributed by atoms with van der Waals surface area (Å²) in [6.45, 7) is 8.16. The first-order valence-electron chi connectivity index (χ1n) is 5.95. The third-order valence-corrected chi connectivity index (χ3v) is 3.74. The number of halogens is 1. The van der Waals surface area contributed by atoms with Gasteiger partial charge in [0.15, 0.2) is 0 Å². The molecule has 1 nitrogen and oxygen atoms in total. The molecule has 1 aromatic carbocycles. The molecule has 1 aromatic rings. The molecule has 1 aliphatic heterocycles. The van der Waals surface area contributed by atoms with E-state index in [4.69, 9.17) is 0 Å². The van der Waals surface area contributed by atoms with Crippen molar-refractivity contribution < 1.29 is 0 Å². The maximum Gasteiger partial charge on any atom is 0.0278 e. The predicted molar refractivity (Wildman–Crippen MR) is 72.8 cm³/mol. The van der Waals surface area contributed by atoms with Gasteiger partial charge in [-0.1, -0.05) is 60.1 Å². The van der Waals surface area contributed by atoms with Gasteiger partial charge in [0.25, 0.3) is 0 Å². The second kappa shape index (κ2) is 4.89. The second-order valence-corrected chi connectivity index (χ2v) is 6.92. The number of hydrogen-bond donors (Lipinski definition) is 0. The molecule has 2 rings (SSSR count). The van der Waals surface area contributed by atoms with Gasteiger partial charge in [-0.2, -0.15) is 0 Å². The standard InChI is InChI=1S/C14H20BrN/c1-14(2)8-13(15)10-16(11-14)9-12-6-4-3-5-7-12/h3-7,13H,8-11H2,1-2H3. The molecule has 0 saturated carbocycles. The Morgan fingerprint density at radius 1 is 1.31 bits per heavy atom. The van der Waals surface area contributed by atoms with E-state index in [1.165, 1.54) is 25.1 Å². The molecule has 1 saturated heterocycles. The summed E-state index contributed by atoms with van der Waals surface area (Å²) in [4.78, 5) is 3.19. The molecular weight excluding hydrogens is 262 g/mol. The predicted octanol–water partition coefficient (Wildman–Crippen LogP) is 3.68. The van der Waals surface area contributed by atoms with Gasteiger partial charge in [-0.25, -0.2) is 0 Å². The van der Waals surface area contributed by atoms with Gasteiger partial charge in [0, 0.05) is 24.5 Å². The van der Waals surface area contributed by atoms with Gasteiger partial charge >= 0.3 is 0 Å². The van der Waals surface area contributed by atoms with Crippen molar-refractivity contribution in [3.63, 3.8) is 0 Å². The summed E-state index contributed by atoms with van der Waals surface area (Å²) >= 11 is 3.78. The van der Waals surface area contributed by atoms with Crippen LogP contribution >= 0.6 is 15.9 Å². The zero-order chi connectivity index (χ0) is 11.6. The summed E-state index contributed by atoms with van der Waals surface area (Å²) in [5, 5.41) is 0. The van der Waals surface area contributed by atoms with Crippen molar-refractivity contribution >= 4 is 15.9 Å². The summed E-state index contributed by atoms with van der Waals surface area (Å²) < 4.78 is 0. The molecule has 1 fully saturated rings. The monoisotopic (exact) mass is 281 g/mol. The second-order valence-electron chi connectivity index (χ2n) is 5.62. The van der Waals surface area contributed by atoms with Crippen molar-refractivity contribution in [2.45, 2.75) is 31.6 Å². The van der Waals surface area contributed by atoms with E-state index < -0.39 is 0 Å². The Labute approximate surface area is 107 Å². The maximum absolute atomic E-state index is 3.78. The third-order valence-electron chi connectivity index (χ3n) is 3.13. The topological polar surface area (TPSA) is 3.24 Å². The fourth-order valence-electron chi connectivity index (χ4n) is 2.64. The van der Waals surface area contributed by atoms with Gasteiger partial charge in [0.1, 0.15) is 0 Å². The molecule has 16 heavy (non-hydrogen) atoms. The van der Waals surface area contributed by atoms with Crippen LogP contribution in [0, 0.1) is 5.41 Å². The Morgan fingerprint density at radius 2 is 2.00 bits per heavy atom. The molecule has 0 radical (unpaired) electrons. The molecule has 0 bridgehead atoms. The highest BCUT2D eigenvalue weighted by Gasteiger charge is 2.31. The van der Waals surface area contributed by atoms with Gasteiger partial charge in [0.05, 0.1) is 0 Å². The average molecular weight is 282 g/mol. The van der Waals surface area contributed by atoms with Crippen LogP contribution in [0.2, 0.25) is 0 Å². The zero-order valence-electron chi connectivity index (χ0n) is 10.1. The highest BCUT2D eigenvalue weighted by Crippen LogP contribution is 2.32. The average Bonchev–Trinajstić information content (AvgIpc) is 2.15. The summed E-state index contributed by atoms with van der Waals surface area (Å²) in [5.74, 6) is 0. The Hall–Kier alpha value is -0.340. The van der Waals surface area contributed by atoms with Crippen LogP contribution in [0.3, 0.4) is 0 Å². The van der Waals surface area contributed by atoms with Gasteiger partial charge in [-0.05, 0) is 17.4 Å². The lowest BCUT2D eigenvalue weighted by atomic mass is 9.84. The first-order chi connectivity index (χ1) is 7.55. The molecule has 1 aliphatic rings. The summed E-state index contributed by atoms with van der Waals surface area (Å²) in [7, 11) is 0. The minimum Gasteiger partial charge on any atom is -0.297 e. The van der Waals surface area contributed by atoms with E-state index >= 15 is 0 Å². The lowest BCUT2D eigenvalue weighted by Crippen LogP contribution is -2.44. The number of piperidine rings is 1. The molecule has 1 atom stereocenters. The van der Waals surface area contributed by atoms with Crippen LogP contribution < -0.4 is 0 Å². The van der Waals surface area contributed by atoms with Gasteiger partial charge < -0.3 is 0 Å². The van der Waals surface area contributed by atoms with Crippen LogP contribution in [0.25, 0.3) is 0 Å². The smallest absolute Gasteiger partial charge is 0.0278 e. The number of rotatable bonds is 2. The van der Waals surface area contributed by atoms with E-state index in [-0.39, 0.29) is 0 Å². The normalized spacial score (nSPS) is 25.6. The minimum absolute atomic E-state index is 0.432. The first kappa shape index (κ1) is 12.1. The van der Waals surface area contributed by atoms with E-state index in [9.17, 15) is 0 Å². The molecule has 0 N–H and O–H groups in total. The fourth-order valence-corrected chi connectivity index (χ4v) is 3.93. The Balaban J connectivity index is 2.00. The van der Waals surface area contributed by atoms with Crippen LogP contribution in [-0.4, -0.2) is 22.8 Å². The molecule has 2 heteroatoms. The minimum atomic E-state index is 0.432. The van der Waals surface area contributed by atoms with Crippen LogP contribution in [0.15, 0.2) is 30.3 Å². The lowest BCUT2D eigenvalue weighted by molar-refractivity contribution is 0.118. The zero-order valence-corrected chi connectivity index (χ0v) is 11.7. The molecule has 0 spiro atoms. The first-order valence-corrected chi connectivity index (χ1v) is 6.87. The third kappa shape index (κ3) is 3.33. The van der Waals surface area contributed by atoms with Crippen LogP contribution in [0.1, 0.15) is 25.8 Å². The van der Waals surface area contributed by atoms with Crippen LogP contribution in [0.4, 0.5) is 0 Å². The molecule has 0 amide bonds. The number of hydrogen-bond acceptors (Lipinski definition) is 1. The number of alkyl halides is 1. The summed E-state index contributed by atoms with van der Waals surface area (Å²) in [6.07, 6.45) is 1.28. The van der Waals surface area contributed by atoms with Gasteiger partial charge in [-0.3, -0.25) is 4.90 Å². The van der Waals surface area contributed by atoms with Crippen molar-refractivity contribution in [3.05, 3.63) is 35.9 Å². The molecule has 0 aliphatic carbocycles. The van der Waals surface area contributed by atoms with Crippen LogP contribution in [0.5, 0.6) is 0 Å². The van der Waals surface area contributed by atoms with Gasteiger partial charge in [0.2, 0.25) is 0 Å². The molecule has 1 unspecified atom stereocenters. The van der Waals surface area contributed by atoms with Crippen molar-refractivity contribution in [3.8, 4) is 0 Å². The Morgan fingerprint density at radius 3 is 2.62 bits per heavy atom. The van der Waals surface area contributed by atoms with Crippen molar-refractivity contribution in [1.29, 1.82) is 0 Å². The fraction of sp³-hybridized carbons (Fsp3) is 0.571. The molecule has 1 heterocycles. The van der Waals surface area contributed by atoms with Crippen molar-refractivity contribution in [1.82, 2.24) is 4.90 Å². The highest BCUT2D eigenvalue weighted by molar-refractivity contribution is 9.09. The van der Waals surface area contributed by atoms with E-state index in [1.54, 1.807) is 0 Å². The number of benzene rings is 1. The van der Waals surface area contributed by atoms with E-state index in [1.807, 2.05) is 0 Å². The largest absolute Gasteiger partial charge is 0.297 e. The van der Waals surface area contributed by atoms with E-state index in [0.29, 0.717) is 10.2 Å². The number of likely N-dealkylation sites (tertiary alicyclic amines) is 1. The Bertz CT molecular complexity index is 334. The lowest BCUT2D eigenvalue weighted by Gasteiger charge is -2.40. The quantitative estimate of drug-likeness (QED) is 0.748. The van der Waals surface area contributed by atoms with E-state index in [0.717, 1.165) is 6.54 Å². The van der Waals surface area contributed by atoms with Crippen molar-refractivity contribution in [2.75, 3.05) is 13.1 Å². The van der Waals surface area contributed by atoms with E-state index in [2.05, 4.69) is 65.0 Å². The highest BCUT2D eigenvalue weighted by atomic mass is 79.9. The summed E-state index contributed by atoms with van der Waals surface area (Å²) in [6, 6.07) is 10.7. The van der Waals surface area contributed by atoms with Crippen molar-refractivity contribution in [2.24, 2.45) is 5.41 Å². The Kier molecular flexibility index (Phi) is 3.70. The molecule has 0 aromatic heterocycles. The molecule has 88 valence electrons. The van der Waals surface area contributed by atoms with Gasteiger partial charge in [-0.15, -0.1) is 0 Å². The maximum atomic E-state index is 3.78. The number of nitrogens with zero attached hydrogens (tertiary/aromatic N) is 1. The summed E-state index contributed by atoms with van der Waals surface area (Å²) in [5.41, 5.74) is 1.85. The van der Waals surface area contributed by atoms with Crippen LogP contribution in [-0.2, 0) is 6.54 Å².